The van der Waals surface area contributed by atoms with Crippen molar-refractivity contribution in [1.82, 2.24) is 10.2 Å². The van der Waals surface area contributed by atoms with Gasteiger partial charge in [-0.2, -0.15) is 0 Å². The van der Waals surface area contributed by atoms with E-state index in [1.165, 1.54) is 7.11 Å². The summed E-state index contributed by atoms with van der Waals surface area (Å²) in [6, 6.07) is 2.41. The van der Waals surface area contributed by atoms with Crippen LogP contribution in [0.15, 0.2) is 16.7 Å². The maximum Gasteiger partial charge on any atom is 0.374 e. The number of hydrogen-bond donors (Lipinski definition) is 1. The van der Waals surface area contributed by atoms with Crippen LogP contribution in [0.5, 0.6) is 0 Å². The quantitative estimate of drug-likeness (QED) is 0.829. The summed E-state index contributed by atoms with van der Waals surface area (Å²) in [7, 11) is 1.38. The molecule has 0 aliphatic carbocycles. The van der Waals surface area contributed by atoms with Gasteiger partial charge in [0.15, 0.2) is 0 Å². The number of nitrogens with zero attached hydrogens (tertiary/aromatic N) is 1. The molecule has 5 heteroatoms. The van der Waals surface area contributed by atoms with Crippen molar-refractivity contribution < 1.29 is 13.9 Å². The fourth-order valence-corrected chi connectivity index (χ4v) is 3.42. The third kappa shape index (κ3) is 2.17. The Morgan fingerprint density at radius 2 is 2.42 bits per heavy atom. The SMILES string of the molecule is COC(=O)c1occc1CN1CC2CNCC2C1C. The standard InChI is InChI=1S/C14H20N2O3/c1-9-12-6-15-5-11(12)8-16(9)7-10-3-4-19-13(10)14(17)18-2/h3-4,9,11-12,15H,5-8H2,1-2H3. The Morgan fingerprint density at radius 1 is 1.58 bits per heavy atom. The summed E-state index contributed by atoms with van der Waals surface area (Å²) < 4.78 is 9.98. The van der Waals surface area contributed by atoms with Crippen LogP contribution in [-0.4, -0.2) is 43.7 Å². The predicted molar refractivity (Wildman–Crippen MR) is 69.8 cm³/mol. The Morgan fingerprint density at radius 3 is 3.16 bits per heavy atom. The second kappa shape index (κ2) is 4.98. The number of ether oxygens (including phenoxy) is 1. The molecule has 0 amide bonds. The van der Waals surface area contributed by atoms with E-state index in [2.05, 4.69) is 17.1 Å². The fraction of sp³-hybridized carbons (Fsp3) is 0.643. The lowest BCUT2D eigenvalue weighted by atomic mass is 9.95. The van der Waals surface area contributed by atoms with Crippen LogP contribution in [0, 0.1) is 11.8 Å². The van der Waals surface area contributed by atoms with E-state index in [-0.39, 0.29) is 0 Å². The molecule has 2 fully saturated rings. The van der Waals surface area contributed by atoms with Crippen LogP contribution >= 0.6 is 0 Å². The van der Waals surface area contributed by atoms with E-state index in [0.29, 0.717) is 11.8 Å². The third-order valence-corrected chi connectivity index (χ3v) is 4.55. The second-order valence-electron chi connectivity index (χ2n) is 5.52. The highest BCUT2D eigenvalue weighted by Gasteiger charge is 2.41. The number of hydrogen-bond acceptors (Lipinski definition) is 5. The molecule has 2 aliphatic heterocycles. The van der Waals surface area contributed by atoms with Gasteiger partial charge in [-0.1, -0.05) is 0 Å². The molecule has 2 saturated heterocycles. The molecule has 3 heterocycles. The van der Waals surface area contributed by atoms with Gasteiger partial charge in [-0.25, -0.2) is 4.79 Å². The van der Waals surface area contributed by atoms with Crippen molar-refractivity contribution in [2.75, 3.05) is 26.7 Å². The summed E-state index contributed by atoms with van der Waals surface area (Å²) in [4.78, 5) is 14.0. The molecule has 3 unspecified atom stereocenters. The Balaban J connectivity index is 1.72. The first-order valence-corrected chi connectivity index (χ1v) is 6.80. The van der Waals surface area contributed by atoms with Gasteiger partial charge in [0.2, 0.25) is 5.76 Å². The second-order valence-corrected chi connectivity index (χ2v) is 5.52. The molecule has 5 nitrogen and oxygen atoms in total. The molecule has 1 aromatic rings. The number of nitrogens with one attached hydrogen (secondary N) is 1. The van der Waals surface area contributed by atoms with E-state index < -0.39 is 5.97 Å². The number of carbonyl (C=O) groups is 1. The minimum atomic E-state index is -0.395. The minimum Gasteiger partial charge on any atom is -0.463 e. The summed E-state index contributed by atoms with van der Waals surface area (Å²) >= 11 is 0. The predicted octanol–water partition coefficient (Wildman–Crippen LogP) is 1.11. The van der Waals surface area contributed by atoms with Crippen LogP contribution in [0.1, 0.15) is 23.0 Å². The molecule has 1 N–H and O–H groups in total. The first-order chi connectivity index (χ1) is 9.20. The Hall–Kier alpha value is -1.33. The van der Waals surface area contributed by atoms with Crippen molar-refractivity contribution >= 4 is 5.97 Å². The van der Waals surface area contributed by atoms with Crippen LogP contribution in [0.25, 0.3) is 0 Å². The van der Waals surface area contributed by atoms with E-state index in [1.54, 1.807) is 6.26 Å². The zero-order chi connectivity index (χ0) is 13.4. The molecule has 0 bridgehead atoms. The van der Waals surface area contributed by atoms with Gasteiger partial charge in [0, 0.05) is 24.7 Å². The number of likely N-dealkylation sites (tertiary alicyclic amines) is 1. The number of fused-ring (bicyclic) bond motifs is 1. The Bertz CT molecular complexity index is 471. The average molecular weight is 264 g/mol. The number of rotatable bonds is 3. The van der Waals surface area contributed by atoms with Crippen molar-refractivity contribution in [1.29, 1.82) is 0 Å². The molecule has 0 saturated carbocycles. The first-order valence-electron chi connectivity index (χ1n) is 6.80. The molecule has 0 radical (unpaired) electrons. The number of carbonyl (C=O) groups excluding carboxylic acids is 1. The summed E-state index contributed by atoms with van der Waals surface area (Å²) in [6.45, 7) is 6.34. The molecule has 0 aromatic carbocycles. The third-order valence-electron chi connectivity index (χ3n) is 4.55. The maximum absolute atomic E-state index is 11.6. The number of esters is 1. The zero-order valence-corrected chi connectivity index (χ0v) is 11.4. The molecule has 104 valence electrons. The molecular formula is C14H20N2O3. The fourth-order valence-electron chi connectivity index (χ4n) is 3.42. The van der Waals surface area contributed by atoms with E-state index in [4.69, 9.17) is 9.15 Å². The largest absolute Gasteiger partial charge is 0.463 e. The van der Waals surface area contributed by atoms with Gasteiger partial charge in [-0.15, -0.1) is 0 Å². The molecule has 19 heavy (non-hydrogen) atoms. The van der Waals surface area contributed by atoms with E-state index in [0.717, 1.165) is 43.6 Å². The lowest BCUT2D eigenvalue weighted by Crippen LogP contribution is -2.33. The van der Waals surface area contributed by atoms with Crippen LogP contribution in [0.4, 0.5) is 0 Å². The lowest BCUT2D eigenvalue weighted by molar-refractivity contribution is 0.0561. The molecular weight excluding hydrogens is 244 g/mol. The van der Waals surface area contributed by atoms with Crippen molar-refractivity contribution in [2.45, 2.75) is 19.5 Å². The Labute approximate surface area is 112 Å². The van der Waals surface area contributed by atoms with Crippen molar-refractivity contribution in [2.24, 2.45) is 11.8 Å². The highest BCUT2D eigenvalue weighted by atomic mass is 16.5. The number of methoxy groups -OCH3 is 1. The average Bonchev–Trinajstić information content (AvgIpc) is 3.09. The summed E-state index contributed by atoms with van der Waals surface area (Å²) in [6.07, 6.45) is 1.56. The smallest absolute Gasteiger partial charge is 0.374 e. The van der Waals surface area contributed by atoms with Crippen LogP contribution in [0.2, 0.25) is 0 Å². The van der Waals surface area contributed by atoms with Gasteiger partial charge in [-0.05, 0) is 37.9 Å². The van der Waals surface area contributed by atoms with Gasteiger partial charge in [0.25, 0.3) is 0 Å². The van der Waals surface area contributed by atoms with E-state index in [9.17, 15) is 4.79 Å². The summed E-state index contributed by atoms with van der Waals surface area (Å²) in [5, 5.41) is 3.45. The normalized spacial score (nSPS) is 30.5. The topological polar surface area (TPSA) is 54.7 Å². The number of furan rings is 1. The van der Waals surface area contributed by atoms with Crippen LogP contribution in [-0.2, 0) is 11.3 Å². The molecule has 0 spiro atoms. The molecule has 1 aromatic heterocycles. The lowest BCUT2D eigenvalue weighted by Gasteiger charge is -2.23. The zero-order valence-electron chi connectivity index (χ0n) is 11.4. The van der Waals surface area contributed by atoms with E-state index >= 15 is 0 Å². The van der Waals surface area contributed by atoms with Gasteiger partial charge in [-0.3, -0.25) is 4.90 Å². The highest BCUT2D eigenvalue weighted by molar-refractivity contribution is 5.87. The van der Waals surface area contributed by atoms with Crippen LogP contribution < -0.4 is 5.32 Å². The van der Waals surface area contributed by atoms with Crippen molar-refractivity contribution in [3.05, 3.63) is 23.7 Å². The minimum absolute atomic E-state index is 0.338. The van der Waals surface area contributed by atoms with Gasteiger partial charge in [0.1, 0.15) is 0 Å². The van der Waals surface area contributed by atoms with Crippen LogP contribution in [0.3, 0.4) is 0 Å². The molecule has 3 atom stereocenters. The molecule has 2 aliphatic rings. The molecule has 3 rings (SSSR count). The van der Waals surface area contributed by atoms with Gasteiger partial charge < -0.3 is 14.5 Å². The highest BCUT2D eigenvalue weighted by Crippen LogP contribution is 2.33. The van der Waals surface area contributed by atoms with Crippen molar-refractivity contribution in [3.63, 3.8) is 0 Å². The Kier molecular flexibility index (Phi) is 3.33. The van der Waals surface area contributed by atoms with Crippen molar-refractivity contribution in [3.8, 4) is 0 Å². The summed E-state index contributed by atoms with van der Waals surface area (Å²) in [5.41, 5.74) is 0.923. The summed E-state index contributed by atoms with van der Waals surface area (Å²) in [5.74, 6) is 1.41. The maximum atomic E-state index is 11.6. The van der Waals surface area contributed by atoms with Gasteiger partial charge >= 0.3 is 5.97 Å². The van der Waals surface area contributed by atoms with E-state index in [1.807, 2.05) is 6.07 Å². The van der Waals surface area contributed by atoms with Gasteiger partial charge in [0.05, 0.1) is 13.4 Å². The first kappa shape index (κ1) is 12.7. The monoisotopic (exact) mass is 264 g/mol.